The molecule has 3 rings (SSSR count). The van der Waals surface area contributed by atoms with E-state index in [9.17, 15) is 8.78 Å². The molecule has 2 heterocycles. The van der Waals surface area contributed by atoms with Crippen LogP contribution in [0.15, 0.2) is 36.7 Å². The molecule has 2 N–H and O–H groups in total. The van der Waals surface area contributed by atoms with Gasteiger partial charge in [-0.05, 0) is 23.8 Å². The second-order valence-corrected chi connectivity index (χ2v) is 4.92. The van der Waals surface area contributed by atoms with E-state index in [2.05, 4.69) is 20.3 Å². The molecule has 108 valence electrons. The third kappa shape index (κ3) is 2.56. The lowest BCUT2D eigenvalue weighted by Gasteiger charge is -2.11. The second kappa shape index (κ2) is 4.80. The van der Waals surface area contributed by atoms with Crippen LogP contribution in [0.3, 0.4) is 0 Å². The van der Waals surface area contributed by atoms with E-state index in [1.807, 2.05) is 18.2 Å². The first-order chi connectivity index (χ1) is 9.97. The zero-order valence-electron chi connectivity index (χ0n) is 11.6. The first-order valence-corrected chi connectivity index (χ1v) is 6.48. The number of hydrogen-bond donors (Lipinski definition) is 2. The molecule has 3 aromatic rings. The number of imidazole rings is 1. The Hall–Kier alpha value is -2.50. The Morgan fingerprint density at radius 2 is 1.95 bits per heavy atom. The highest BCUT2D eigenvalue weighted by molar-refractivity contribution is 5.83. The van der Waals surface area contributed by atoms with E-state index in [4.69, 9.17) is 0 Å². The summed E-state index contributed by atoms with van der Waals surface area (Å²) in [6.07, 6.45) is 2.77. The summed E-state index contributed by atoms with van der Waals surface area (Å²) in [5, 5.41) is 2.93. The van der Waals surface area contributed by atoms with Crippen molar-refractivity contribution in [3.05, 3.63) is 42.2 Å². The SMILES string of the molecule is CNc1nc2ccc(-c3cncc(C(C)(F)F)c3)cc2[nH]1. The quantitative estimate of drug-likeness (QED) is 0.771. The molecular weight excluding hydrogens is 274 g/mol. The van der Waals surface area contributed by atoms with Crippen molar-refractivity contribution in [2.75, 3.05) is 12.4 Å². The van der Waals surface area contributed by atoms with Crippen molar-refractivity contribution >= 4 is 17.0 Å². The largest absolute Gasteiger partial charge is 0.359 e. The number of fused-ring (bicyclic) bond motifs is 1. The minimum Gasteiger partial charge on any atom is -0.359 e. The molecule has 6 heteroatoms. The molecule has 2 aromatic heterocycles. The van der Waals surface area contributed by atoms with Crippen LogP contribution in [0.2, 0.25) is 0 Å². The van der Waals surface area contributed by atoms with Crippen molar-refractivity contribution in [1.82, 2.24) is 15.0 Å². The molecule has 0 atom stereocenters. The third-order valence-corrected chi connectivity index (χ3v) is 3.30. The average Bonchev–Trinajstić information content (AvgIpc) is 2.88. The van der Waals surface area contributed by atoms with Crippen LogP contribution >= 0.6 is 0 Å². The number of pyridine rings is 1. The lowest BCUT2D eigenvalue weighted by Crippen LogP contribution is -2.07. The molecule has 0 fully saturated rings. The Morgan fingerprint density at radius 1 is 1.14 bits per heavy atom. The van der Waals surface area contributed by atoms with Crippen molar-refractivity contribution < 1.29 is 8.78 Å². The monoisotopic (exact) mass is 288 g/mol. The number of anilines is 1. The molecule has 0 aliphatic heterocycles. The standard InChI is InChI=1S/C15H14F2N4/c1-15(16,17)11-5-10(7-19-8-11)9-3-4-12-13(6-9)21-14(18-2)20-12/h3-8H,1-2H3,(H2,18,20,21). The maximum atomic E-state index is 13.4. The highest BCUT2D eigenvalue weighted by Gasteiger charge is 2.24. The highest BCUT2D eigenvalue weighted by atomic mass is 19.3. The smallest absolute Gasteiger partial charge is 0.272 e. The van der Waals surface area contributed by atoms with E-state index in [1.165, 1.54) is 12.3 Å². The number of rotatable bonds is 3. The predicted octanol–water partition coefficient (Wildman–Crippen LogP) is 3.78. The molecule has 1 aromatic carbocycles. The fourth-order valence-electron chi connectivity index (χ4n) is 2.15. The maximum absolute atomic E-state index is 13.4. The van der Waals surface area contributed by atoms with Crippen molar-refractivity contribution in [3.63, 3.8) is 0 Å². The average molecular weight is 288 g/mol. The molecule has 0 radical (unpaired) electrons. The molecule has 0 unspecified atom stereocenters. The summed E-state index contributed by atoms with van der Waals surface area (Å²) in [5.74, 6) is -2.24. The zero-order chi connectivity index (χ0) is 15.0. The summed E-state index contributed by atoms with van der Waals surface area (Å²) < 4.78 is 26.8. The number of aromatic nitrogens is 3. The van der Waals surface area contributed by atoms with Crippen LogP contribution in [0.25, 0.3) is 22.2 Å². The molecule has 0 saturated carbocycles. The Bertz CT molecular complexity index is 790. The number of hydrogen-bond acceptors (Lipinski definition) is 3. The first kappa shape index (κ1) is 13.5. The summed E-state index contributed by atoms with van der Waals surface area (Å²) in [4.78, 5) is 11.3. The molecular formula is C15H14F2N4. The number of aromatic amines is 1. The van der Waals surface area contributed by atoms with Crippen LogP contribution in [0.4, 0.5) is 14.7 Å². The van der Waals surface area contributed by atoms with Gasteiger partial charge in [0.05, 0.1) is 11.0 Å². The number of nitrogens with zero attached hydrogens (tertiary/aromatic N) is 2. The van der Waals surface area contributed by atoms with Crippen LogP contribution in [0.5, 0.6) is 0 Å². The summed E-state index contributed by atoms with van der Waals surface area (Å²) in [6, 6.07) is 7.03. The van der Waals surface area contributed by atoms with E-state index < -0.39 is 5.92 Å². The van der Waals surface area contributed by atoms with Crippen molar-refractivity contribution in [1.29, 1.82) is 0 Å². The van der Waals surface area contributed by atoms with Gasteiger partial charge in [-0.25, -0.2) is 13.8 Å². The number of halogens is 2. The van der Waals surface area contributed by atoms with Gasteiger partial charge in [-0.2, -0.15) is 0 Å². The highest BCUT2D eigenvalue weighted by Crippen LogP contribution is 2.30. The van der Waals surface area contributed by atoms with E-state index in [0.717, 1.165) is 23.5 Å². The van der Waals surface area contributed by atoms with E-state index in [-0.39, 0.29) is 5.56 Å². The predicted molar refractivity (Wildman–Crippen MR) is 78.4 cm³/mol. The Labute approximate surface area is 120 Å². The minimum absolute atomic E-state index is 0.0966. The van der Waals surface area contributed by atoms with E-state index in [0.29, 0.717) is 11.5 Å². The van der Waals surface area contributed by atoms with Gasteiger partial charge in [0.1, 0.15) is 0 Å². The van der Waals surface area contributed by atoms with Crippen LogP contribution < -0.4 is 5.32 Å². The molecule has 0 bridgehead atoms. The number of H-pyrrole nitrogens is 1. The zero-order valence-corrected chi connectivity index (χ0v) is 11.6. The number of nitrogens with one attached hydrogen (secondary N) is 2. The van der Waals surface area contributed by atoms with Gasteiger partial charge in [0.25, 0.3) is 5.92 Å². The molecule has 0 spiro atoms. The van der Waals surface area contributed by atoms with Gasteiger partial charge < -0.3 is 10.3 Å². The lowest BCUT2D eigenvalue weighted by molar-refractivity contribution is 0.0171. The summed E-state index contributed by atoms with van der Waals surface area (Å²) in [6.45, 7) is 0.866. The number of benzene rings is 1. The Kier molecular flexibility index (Phi) is 3.08. The van der Waals surface area contributed by atoms with Gasteiger partial charge in [-0.1, -0.05) is 6.07 Å². The fourth-order valence-corrected chi connectivity index (χ4v) is 2.15. The topological polar surface area (TPSA) is 53.6 Å². The fraction of sp³-hybridized carbons (Fsp3) is 0.200. The van der Waals surface area contributed by atoms with Gasteiger partial charge in [0, 0.05) is 37.5 Å². The van der Waals surface area contributed by atoms with Crippen LogP contribution in [-0.4, -0.2) is 22.0 Å². The Morgan fingerprint density at radius 3 is 2.67 bits per heavy atom. The second-order valence-electron chi connectivity index (χ2n) is 4.92. The van der Waals surface area contributed by atoms with Gasteiger partial charge in [0.2, 0.25) is 5.95 Å². The summed E-state index contributed by atoms with van der Waals surface area (Å²) >= 11 is 0. The molecule has 4 nitrogen and oxygen atoms in total. The Balaban J connectivity index is 2.07. The van der Waals surface area contributed by atoms with E-state index >= 15 is 0 Å². The van der Waals surface area contributed by atoms with Crippen molar-refractivity contribution in [2.45, 2.75) is 12.8 Å². The van der Waals surface area contributed by atoms with Crippen molar-refractivity contribution in [2.24, 2.45) is 0 Å². The van der Waals surface area contributed by atoms with Crippen molar-refractivity contribution in [3.8, 4) is 11.1 Å². The van der Waals surface area contributed by atoms with Crippen LogP contribution in [-0.2, 0) is 5.92 Å². The van der Waals surface area contributed by atoms with Crippen LogP contribution in [0, 0.1) is 0 Å². The van der Waals surface area contributed by atoms with Gasteiger partial charge in [-0.15, -0.1) is 0 Å². The van der Waals surface area contributed by atoms with Gasteiger partial charge in [-0.3, -0.25) is 4.98 Å². The summed E-state index contributed by atoms with van der Waals surface area (Å²) in [5.41, 5.74) is 3.02. The number of alkyl halides is 2. The van der Waals surface area contributed by atoms with Crippen LogP contribution in [0.1, 0.15) is 12.5 Å². The molecule has 0 saturated heterocycles. The van der Waals surface area contributed by atoms with E-state index in [1.54, 1.807) is 13.2 Å². The molecule has 0 aliphatic rings. The first-order valence-electron chi connectivity index (χ1n) is 6.48. The third-order valence-electron chi connectivity index (χ3n) is 3.30. The normalized spacial score (nSPS) is 11.8. The minimum atomic E-state index is -2.90. The van der Waals surface area contributed by atoms with Gasteiger partial charge in [0.15, 0.2) is 0 Å². The summed E-state index contributed by atoms with van der Waals surface area (Å²) in [7, 11) is 1.77. The van der Waals surface area contributed by atoms with Gasteiger partial charge >= 0.3 is 0 Å². The molecule has 0 amide bonds. The molecule has 21 heavy (non-hydrogen) atoms. The molecule has 0 aliphatic carbocycles. The lowest BCUT2D eigenvalue weighted by atomic mass is 10.0. The maximum Gasteiger partial charge on any atom is 0.272 e.